The van der Waals surface area contributed by atoms with E-state index in [0.29, 0.717) is 5.92 Å². The van der Waals surface area contributed by atoms with Gasteiger partial charge in [-0.25, -0.2) is 4.98 Å². The van der Waals surface area contributed by atoms with E-state index in [1.165, 1.54) is 0 Å². The number of fused-ring (bicyclic) bond motifs is 1. The summed E-state index contributed by atoms with van der Waals surface area (Å²) in [5.41, 5.74) is 1.74. The van der Waals surface area contributed by atoms with Gasteiger partial charge in [0.25, 0.3) is 0 Å². The summed E-state index contributed by atoms with van der Waals surface area (Å²) in [6, 6.07) is 3.93. The third-order valence-electron chi connectivity index (χ3n) is 4.68. The van der Waals surface area contributed by atoms with Crippen molar-refractivity contribution in [2.75, 3.05) is 37.0 Å². The fourth-order valence-corrected chi connectivity index (χ4v) is 3.20. The summed E-state index contributed by atoms with van der Waals surface area (Å²) in [6.45, 7) is 3.82. The summed E-state index contributed by atoms with van der Waals surface area (Å²) in [5, 5.41) is 13.4. The molecule has 0 atom stereocenters. The van der Waals surface area contributed by atoms with Crippen molar-refractivity contribution in [2.24, 2.45) is 0 Å². The fraction of sp³-hybridized carbons (Fsp3) is 0.471. The van der Waals surface area contributed by atoms with Gasteiger partial charge < -0.3 is 9.80 Å². The lowest BCUT2D eigenvalue weighted by atomic mass is 9.96. The van der Waals surface area contributed by atoms with E-state index in [4.69, 9.17) is 0 Å². The van der Waals surface area contributed by atoms with E-state index in [1.54, 1.807) is 0 Å². The Morgan fingerprint density at radius 2 is 1.84 bits per heavy atom. The highest BCUT2D eigenvalue weighted by molar-refractivity contribution is 5.45. The summed E-state index contributed by atoms with van der Waals surface area (Å²) in [6.07, 6.45) is 5.68. The van der Waals surface area contributed by atoms with E-state index in [2.05, 4.69) is 30.2 Å². The maximum Gasteiger partial charge on any atom is 0.178 e. The molecule has 1 saturated heterocycles. The predicted octanol–water partition coefficient (Wildman–Crippen LogP) is 1.67. The van der Waals surface area contributed by atoms with Crippen LogP contribution in [0.3, 0.4) is 0 Å². The number of rotatable bonds is 3. The lowest BCUT2D eigenvalue weighted by molar-refractivity contribution is 0.475. The summed E-state index contributed by atoms with van der Waals surface area (Å²) in [5.74, 6) is 3.16. The molecule has 0 saturated carbocycles. The molecule has 25 heavy (non-hydrogen) atoms. The first kappa shape index (κ1) is 15.7. The Hall–Kier alpha value is -2.77. The first-order chi connectivity index (χ1) is 12.1. The maximum absolute atomic E-state index is 4.68. The first-order valence-electron chi connectivity index (χ1n) is 8.55. The average Bonchev–Trinajstić information content (AvgIpc) is 3.05. The molecule has 0 N–H and O–H groups in total. The Balaban J connectivity index is 1.53. The monoisotopic (exact) mass is 338 g/mol. The van der Waals surface area contributed by atoms with Crippen molar-refractivity contribution < 1.29 is 0 Å². The molecule has 8 nitrogen and oxygen atoms in total. The Labute approximate surface area is 146 Å². The SMILES string of the molecule is Cc1cnc(N2CCC(c3nnc4ccc(N(C)C)nn34)CC2)cn1. The van der Waals surface area contributed by atoms with E-state index in [0.717, 1.165) is 54.7 Å². The fourth-order valence-electron chi connectivity index (χ4n) is 3.20. The third-order valence-corrected chi connectivity index (χ3v) is 4.68. The molecule has 1 aliphatic heterocycles. The summed E-state index contributed by atoms with van der Waals surface area (Å²) >= 11 is 0. The van der Waals surface area contributed by atoms with Gasteiger partial charge in [-0.3, -0.25) is 4.98 Å². The third kappa shape index (κ3) is 2.99. The van der Waals surface area contributed by atoms with Crippen LogP contribution in [0.2, 0.25) is 0 Å². The Morgan fingerprint density at radius 1 is 1.04 bits per heavy atom. The molecule has 0 spiro atoms. The van der Waals surface area contributed by atoms with E-state index in [-0.39, 0.29) is 0 Å². The minimum atomic E-state index is 0.356. The topological polar surface area (TPSA) is 75.3 Å². The summed E-state index contributed by atoms with van der Waals surface area (Å²) in [4.78, 5) is 13.1. The first-order valence-corrected chi connectivity index (χ1v) is 8.55. The van der Waals surface area contributed by atoms with Gasteiger partial charge in [-0.05, 0) is 31.9 Å². The summed E-state index contributed by atoms with van der Waals surface area (Å²) in [7, 11) is 3.97. The highest BCUT2D eigenvalue weighted by atomic mass is 15.4. The molecule has 1 fully saturated rings. The van der Waals surface area contributed by atoms with Gasteiger partial charge in [0.1, 0.15) is 11.6 Å². The highest BCUT2D eigenvalue weighted by Gasteiger charge is 2.26. The van der Waals surface area contributed by atoms with E-state index in [1.807, 2.05) is 55.0 Å². The maximum atomic E-state index is 4.68. The molecule has 8 heteroatoms. The van der Waals surface area contributed by atoms with E-state index < -0.39 is 0 Å². The van der Waals surface area contributed by atoms with Crippen molar-refractivity contribution >= 4 is 17.3 Å². The molecule has 4 rings (SSSR count). The van der Waals surface area contributed by atoms with Crippen LogP contribution in [0.4, 0.5) is 11.6 Å². The molecule has 3 aromatic rings. The van der Waals surface area contributed by atoms with Gasteiger partial charge in [0.2, 0.25) is 0 Å². The number of anilines is 2. The molecule has 3 aromatic heterocycles. The van der Waals surface area contributed by atoms with Gasteiger partial charge in [-0.15, -0.1) is 15.3 Å². The van der Waals surface area contributed by atoms with Gasteiger partial charge in [0, 0.05) is 33.1 Å². The van der Waals surface area contributed by atoms with Gasteiger partial charge in [0.15, 0.2) is 11.5 Å². The zero-order chi connectivity index (χ0) is 17.4. The number of aromatic nitrogens is 6. The van der Waals surface area contributed by atoms with Gasteiger partial charge in [0.05, 0.1) is 18.1 Å². The van der Waals surface area contributed by atoms with Crippen LogP contribution in [0.25, 0.3) is 5.65 Å². The molecule has 0 radical (unpaired) electrons. The highest BCUT2D eigenvalue weighted by Crippen LogP contribution is 2.28. The molecule has 0 amide bonds. The number of hydrogen-bond donors (Lipinski definition) is 0. The number of nitrogens with zero attached hydrogens (tertiary/aromatic N) is 8. The molecule has 130 valence electrons. The largest absolute Gasteiger partial charge is 0.361 e. The molecule has 1 aliphatic rings. The van der Waals surface area contributed by atoms with Crippen molar-refractivity contribution in [3.05, 3.63) is 36.0 Å². The van der Waals surface area contributed by atoms with Crippen LogP contribution in [-0.2, 0) is 0 Å². The second kappa shape index (κ2) is 6.27. The van der Waals surface area contributed by atoms with Crippen LogP contribution in [0, 0.1) is 6.92 Å². The predicted molar refractivity (Wildman–Crippen MR) is 96.1 cm³/mol. The Bertz CT molecular complexity index is 862. The van der Waals surface area contributed by atoms with Crippen molar-refractivity contribution in [3.8, 4) is 0 Å². The zero-order valence-electron chi connectivity index (χ0n) is 14.8. The van der Waals surface area contributed by atoms with Crippen LogP contribution < -0.4 is 9.80 Å². The van der Waals surface area contributed by atoms with E-state index >= 15 is 0 Å². The molecule has 4 heterocycles. The molecular weight excluding hydrogens is 316 g/mol. The molecular formula is C17H22N8. The lowest BCUT2D eigenvalue weighted by Crippen LogP contribution is -2.34. The van der Waals surface area contributed by atoms with Crippen LogP contribution in [-0.4, -0.2) is 57.0 Å². The second-order valence-electron chi connectivity index (χ2n) is 6.69. The average molecular weight is 338 g/mol. The van der Waals surface area contributed by atoms with Crippen molar-refractivity contribution in [1.82, 2.24) is 29.8 Å². The number of piperidine rings is 1. The quantitative estimate of drug-likeness (QED) is 0.719. The Morgan fingerprint density at radius 3 is 2.52 bits per heavy atom. The van der Waals surface area contributed by atoms with E-state index in [9.17, 15) is 0 Å². The summed E-state index contributed by atoms with van der Waals surface area (Å²) < 4.78 is 1.89. The van der Waals surface area contributed by atoms with Gasteiger partial charge in [-0.2, -0.15) is 4.52 Å². The van der Waals surface area contributed by atoms with Gasteiger partial charge >= 0.3 is 0 Å². The molecule has 0 aromatic carbocycles. The number of aryl methyl sites for hydroxylation is 1. The van der Waals surface area contributed by atoms with Crippen molar-refractivity contribution in [3.63, 3.8) is 0 Å². The van der Waals surface area contributed by atoms with Crippen molar-refractivity contribution in [1.29, 1.82) is 0 Å². The van der Waals surface area contributed by atoms with Gasteiger partial charge in [-0.1, -0.05) is 0 Å². The van der Waals surface area contributed by atoms with Crippen LogP contribution in [0.15, 0.2) is 24.5 Å². The smallest absolute Gasteiger partial charge is 0.178 e. The zero-order valence-corrected chi connectivity index (χ0v) is 14.8. The van der Waals surface area contributed by atoms with Crippen LogP contribution in [0.5, 0.6) is 0 Å². The minimum Gasteiger partial charge on any atom is -0.361 e. The standard InChI is InChI=1S/C17H22N8/c1-12-10-19-16(11-18-12)24-8-6-13(7-9-24)17-21-20-14-4-5-15(23(2)3)22-25(14)17/h4-5,10-11,13H,6-9H2,1-3H3. The minimum absolute atomic E-state index is 0.356. The Kier molecular flexibility index (Phi) is 3.95. The molecule has 0 bridgehead atoms. The number of hydrogen-bond acceptors (Lipinski definition) is 7. The van der Waals surface area contributed by atoms with Crippen LogP contribution >= 0.6 is 0 Å². The lowest BCUT2D eigenvalue weighted by Gasteiger charge is -2.31. The molecule has 0 unspecified atom stereocenters. The molecule has 0 aliphatic carbocycles. The van der Waals surface area contributed by atoms with Crippen LogP contribution in [0.1, 0.15) is 30.3 Å². The van der Waals surface area contributed by atoms with Crippen molar-refractivity contribution in [2.45, 2.75) is 25.7 Å². The second-order valence-corrected chi connectivity index (χ2v) is 6.69. The normalized spacial score (nSPS) is 15.7.